The number of aromatic nitrogens is 2. The first-order chi connectivity index (χ1) is 24.6. The average Bonchev–Trinajstić information content (AvgIpc) is 3.20. The minimum absolute atomic E-state index is 0.954. The van der Waals surface area contributed by atoms with Gasteiger partial charge in [-0.05, 0) is 87.3 Å². The Morgan fingerprint density at radius 3 is 1.20 bits per heavy atom. The van der Waals surface area contributed by atoms with E-state index in [1.165, 1.54) is 54.9 Å². The fraction of sp³-hybridized carbons (Fsp3) is 0.0833. The quantitative estimate of drug-likeness (QED) is 0.169. The van der Waals surface area contributed by atoms with Crippen molar-refractivity contribution in [1.82, 2.24) is 9.97 Å². The molecular formula is C48H36N2. The molecule has 0 fully saturated rings. The summed E-state index contributed by atoms with van der Waals surface area (Å²) in [6.45, 7) is 4.41. The summed E-state index contributed by atoms with van der Waals surface area (Å²) in [6, 6.07) is 57.2. The monoisotopic (exact) mass is 640 g/mol. The van der Waals surface area contributed by atoms with E-state index in [0.29, 0.717) is 0 Å². The van der Waals surface area contributed by atoms with Gasteiger partial charge in [0.1, 0.15) is 0 Å². The molecule has 2 aromatic heterocycles. The smallest absolute Gasteiger partial charge is 0.0788 e. The molecule has 0 amide bonds. The van der Waals surface area contributed by atoms with Crippen molar-refractivity contribution in [2.24, 2.45) is 0 Å². The summed E-state index contributed by atoms with van der Waals surface area (Å²) in [4.78, 5) is 10.6. The third-order valence-corrected chi connectivity index (χ3v) is 10.1. The average molecular weight is 641 g/mol. The van der Waals surface area contributed by atoms with E-state index in [0.717, 1.165) is 57.2 Å². The Bertz CT molecular complexity index is 2550. The second kappa shape index (κ2) is 12.4. The van der Waals surface area contributed by atoms with Gasteiger partial charge in [-0.3, -0.25) is 0 Å². The Kier molecular flexibility index (Phi) is 7.43. The van der Waals surface area contributed by atoms with Crippen LogP contribution in [-0.2, 0) is 12.8 Å². The highest BCUT2D eigenvalue weighted by Gasteiger charge is 2.11. The highest BCUT2D eigenvalue weighted by atomic mass is 14.7. The lowest BCUT2D eigenvalue weighted by Gasteiger charge is -2.11. The predicted molar refractivity (Wildman–Crippen MR) is 213 cm³/mol. The van der Waals surface area contributed by atoms with Gasteiger partial charge < -0.3 is 0 Å². The topological polar surface area (TPSA) is 25.8 Å². The van der Waals surface area contributed by atoms with E-state index in [2.05, 4.69) is 172 Å². The summed E-state index contributed by atoms with van der Waals surface area (Å²) in [5.41, 5.74) is 13.7. The van der Waals surface area contributed by atoms with Crippen LogP contribution in [0.4, 0.5) is 0 Å². The summed E-state index contributed by atoms with van der Waals surface area (Å²) in [5.74, 6) is 0. The maximum absolute atomic E-state index is 5.30. The van der Waals surface area contributed by atoms with Gasteiger partial charge in [-0.2, -0.15) is 0 Å². The van der Waals surface area contributed by atoms with E-state index in [-0.39, 0.29) is 0 Å². The molecule has 2 heteroatoms. The summed E-state index contributed by atoms with van der Waals surface area (Å²) in [5, 5.41) is 7.01. The normalized spacial score (nSPS) is 11.6. The molecule has 0 saturated heterocycles. The first kappa shape index (κ1) is 30.0. The molecule has 0 atom stereocenters. The number of hydrogen-bond donors (Lipinski definition) is 0. The molecule has 0 aliphatic heterocycles. The number of aryl methyl sites for hydroxylation is 2. The molecule has 7 aromatic carbocycles. The number of hydrogen-bond acceptors (Lipinski definition) is 2. The summed E-state index contributed by atoms with van der Waals surface area (Å²) in [7, 11) is 0. The molecule has 0 spiro atoms. The van der Waals surface area contributed by atoms with Crippen molar-refractivity contribution in [3.8, 4) is 44.8 Å². The van der Waals surface area contributed by atoms with E-state index < -0.39 is 0 Å². The standard InChI is InChI=1S/C48H36N2/c1-3-31-8-5-10-37(26-31)39-20-16-33-14-18-35-22-24-45(49-47(35)43(33)29-39)41-12-7-13-42(28-41)46-25-23-36-19-15-34-17-21-40(30-44(34)48(36)50-46)38-11-6-9-32(4-2)27-38/h5-30H,3-4H2,1-2H3. The zero-order valence-corrected chi connectivity index (χ0v) is 28.3. The molecule has 0 aliphatic rings. The van der Waals surface area contributed by atoms with E-state index in [1.54, 1.807) is 0 Å². The van der Waals surface area contributed by atoms with Gasteiger partial charge in [-0.1, -0.05) is 141 Å². The summed E-state index contributed by atoms with van der Waals surface area (Å²) in [6.07, 6.45) is 2.04. The third-order valence-electron chi connectivity index (χ3n) is 10.1. The number of fused-ring (bicyclic) bond motifs is 6. The van der Waals surface area contributed by atoms with E-state index in [4.69, 9.17) is 9.97 Å². The summed E-state index contributed by atoms with van der Waals surface area (Å²) < 4.78 is 0. The highest BCUT2D eigenvalue weighted by molar-refractivity contribution is 6.08. The van der Waals surface area contributed by atoms with Crippen molar-refractivity contribution in [3.05, 3.63) is 169 Å². The van der Waals surface area contributed by atoms with Crippen molar-refractivity contribution in [2.75, 3.05) is 0 Å². The van der Waals surface area contributed by atoms with Crippen molar-refractivity contribution < 1.29 is 0 Å². The minimum Gasteiger partial charge on any atom is -0.247 e. The highest BCUT2D eigenvalue weighted by Crippen LogP contribution is 2.34. The van der Waals surface area contributed by atoms with E-state index in [1.807, 2.05) is 0 Å². The fourth-order valence-corrected chi connectivity index (χ4v) is 7.27. The SMILES string of the molecule is CCc1cccc(-c2ccc3ccc4ccc(-c5cccc(-c6ccc7ccc8ccc(-c9cccc(CC)c9)cc8c7n6)c5)nc4c3c2)c1. The Labute approximate surface area is 292 Å². The molecule has 50 heavy (non-hydrogen) atoms. The molecule has 0 unspecified atom stereocenters. The van der Waals surface area contributed by atoms with Crippen LogP contribution in [0.15, 0.2) is 158 Å². The molecule has 9 rings (SSSR count). The van der Waals surface area contributed by atoms with Gasteiger partial charge in [0.2, 0.25) is 0 Å². The van der Waals surface area contributed by atoms with Gasteiger partial charge in [0.25, 0.3) is 0 Å². The van der Waals surface area contributed by atoms with Crippen molar-refractivity contribution >= 4 is 43.4 Å². The molecule has 2 nitrogen and oxygen atoms in total. The maximum Gasteiger partial charge on any atom is 0.0788 e. The fourth-order valence-electron chi connectivity index (χ4n) is 7.27. The Morgan fingerprint density at radius 1 is 0.340 bits per heavy atom. The lowest BCUT2D eigenvalue weighted by atomic mass is 9.97. The Morgan fingerprint density at radius 2 is 0.720 bits per heavy atom. The second-order valence-electron chi connectivity index (χ2n) is 13.2. The second-order valence-corrected chi connectivity index (χ2v) is 13.2. The molecule has 2 heterocycles. The summed E-state index contributed by atoms with van der Waals surface area (Å²) >= 11 is 0. The van der Waals surface area contributed by atoms with Crippen LogP contribution >= 0.6 is 0 Å². The number of rotatable bonds is 6. The van der Waals surface area contributed by atoms with Crippen LogP contribution in [0.1, 0.15) is 25.0 Å². The molecule has 0 N–H and O–H groups in total. The van der Waals surface area contributed by atoms with E-state index in [9.17, 15) is 0 Å². The molecule has 0 bridgehead atoms. The molecule has 0 radical (unpaired) electrons. The van der Waals surface area contributed by atoms with Gasteiger partial charge in [-0.25, -0.2) is 9.97 Å². The van der Waals surface area contributed by atoms with Crippen LogP contribution < -0.4 is 0 Å². The molecule has 0 aliphatic carbocycles. The van der Waals surface area contributed by atoms with Crippen molar-refractivity contribution in [3.63, 3.8) is 0 Å². The van der Waals surface area contributed by atoms with Crippen LogP contribution in [0.3, 0.4) is 0 Å². The zero-order valence-electron chi connectivity index (χ0n) is 28.3. The van der Waals surface area contributed by atoms with Crippen LogP contribution in [0, 0.1) is 0 Å². The zero-order chi connectivity index (χ0) is 33.6. The lowest BCUT2D eigenvalue weighted by molar-refractivity contribution is 1.14. The van der Waals surface area contributed by atoms with Crippen LogP contribution in [0.2, 0.25) is 0 Å². The minimum atomic E-state index is 0.954. The van der Waals surface area contributed by atoms with Crippen molar-refractivity contribution in [2.45, 2.75) is 26.7 Å². The Balaban J connectivity index is 1.13. The van der Waals surface area contributed by atoms with Gasteiger partial charge in [0, 0.05) is 32.7 Å². The third kappa shape index (κ3) is 5.40. The predicted octanol–water partition coefficient (Wildman–Crippen LogP) is 12.9. The van der Waals surface area contributed by atoms with Gasteiger partial charge in [0.15, 0.2) is 0 Å². The van der Waals surface area contributed by atoms with Gasteiger partial charge >= 0.3 is 0 Å². The van der Waals surface area contributed by atoms with Crippen molar-refractivity contribution in [1.29, 1.82) is 0 Å². The maximum atomic E-state index is 5.30. The molecule has 0 saturated carbocycles. The van der Waals surface area contributed by atoms with Crippen LogP contribution in [0.5, 0.6) is 0 Å². The first-order valence-electron chi connectivity index (χ1n) is 17.6. The number of nitrogens with zero attached hydrogens (tertiary/aromatic N) is 2. The van der Waals surface area contributed by atoms with E-state index >= 15 is 0 Å². The first-order valence-corrected chi connectivity index (χ1v) is 17.6. The van der Waals surface area contributed by atoms with Gasteiger partial charge in [0.05, 0.1) is 22.4 Å². The van der Waals surface area contributed by atoms with Crippen LogP contribution in [-0.4, -0.2) is 9.97 Å². The Hall–Kier alpha value is -6.12. The number of benzene rings is 7. The van der Waals surface area contributed by atoms with Crippen LogP contribution in [0.25, 0.3) is 88.1 Å². The lowest BCUT2D eigenvalue weighted by Crippen LogP contribution is -1.90. The molecule has 9 aromatic rings. The molecule has 238 valence electrons. The largest absolute Gasteiger partial charge is 0.247 e. The molecular weight excluding hydrogens is 605 g/mol. The van der Waals surface area contributed by atoms with Gasteiger partial charge in [-0.15, -0.1) is 0 Å². The number of pyridine rings is 2.